The summed E-state index contributed by atoms with van der Waals surface area (Å²) in [5.74, 6) is -0.705. The van der Waals surface area contributed by atoms with Gasteiger partial charge in [0.1, 0.15) is 11.5 Å². The Morgan fingerprint density at radius 3 is 2.50 bits per heavy atom. The molecule has 88 valence electrons. The van der Waals surface area contributed by atoms with Crippen molar-refractivity contribution >= 4 is 17.3 Å². The number of nitrogens with one attached hydrogen (secondary N) is 1. The summed E-state index contributed by atoms with van der Waals surface area (Å²) in [5.41, 5.74) is 5.90. The van der Waals surface area contributed by atoms with Gasteiger partial charge in [-0.25, -0.2) is 4.39 Å². The van der Waals surface area contributed by atoms with Crippen molar-refractivity contribution in [3.8, 4) is 0 Å². The molecule has 1 aromatic rings. The third-order valence-electron chi connectivity index (χ3n) is 2.71. The third kappa shape index (κ3) is 2.72. The largest absolute Gasteiger partial charge is 0.397 e. The Labute approximate surface area is 94.8 Å². The van der Waals surface area contributed by atoms with Gasteiger partial charge in [0.2, 0.25) is 5.91 Å². The lowest BCUT2D eigenvalue weighted by Gasteiger charge is -2.16. The Morgan fingerprint density at radius 1 is 1.38 bits per heavy atom. The zero-order valence-corrected chi connectivity index (χ0v) is 9.75. The van der Waals surface area contributed by atoms with Crippen molar-refractivity contribution in [1.82, 2.24) is 0 Å². The summed E-state index contributed by atoms with van der Waals surface area (Å²) in [4.78, 5) is 11.7. The lowest BCUT2D eigenvalue weighted by Crippen LogP contribution is -2.25. The molecule has 0 aliphatic carbocycles. The minimum atomic E-state index is -0.510. The topological polar surface area (TPSA) is 55.1 Å². The highest BCUT2D eigenvalue weighted by Crippen LogP contribution is 2.23. The number of nitrogens with two attached hydrogens (primary N) is 1. The highest BCUT2D eigenvalue weighted by Gasteiger charge is 2.18. The molecule has 0 radical (unpaired) electrons. The van der Waals surface area contributed by atoms with E-state index in [4.69, 9.17) is 5.73 Å². The first-order valence-electron chi connectivity index (χ1n) is 5.28. The lowest BCUT2D eigenvalue weighted by molar-refractivity contribution is -0.120. The lowest BCUT2D eigenvalue weighted by atomic mass is 9.97. The Bertz CT molecular complexity index is 370. The Balaban J connectivity index is 2.85. The molecule has 0 fully saturated rings. The molecule has 0 spiro atoms. The molecule has 0 aliphatic rings. The maximum Gasteiger partial charge on any atom is 0.227 e. The van der Waals surface area contributed by atoms with Gasteiger partial charge in [0.05, 0.1) is 5.69 Å². The van der Waals surface area contributed by atoms with Gasteiger partial charge in [0.15, 0.2) is 0 Å². The number of benzene rings is 1. The fourth-order valence-corrected chi connectivity index (χ4v) is 1.21. The van der Waals surface area contributed by atoms with Crippen molar-refractivity contribution in [2.24, 2.45) is 11.8 Å². The maximum absolute atomic E-state index is 13.4. The molecule has 1 atom stereocenters. The minimum Gasteiger partial charge on any atom is -0.397 e. The van der Waals surface area contributed by atoms with Crippen molar-refractivity contribution < 1.29 is 9.18 Å². The highest BCUT2D eigenvalue weighted by molar-refractivity contribution is 5.95. The number of carbonyl (C=O) groups is 1. The SMILES string of the molecule is CC(C)C(C)C(=O)Nc1c(N)cccc1F. The van der Waals surface area contributed by atoms with E-state index in [1.54, 1.807) is 13.0 Å². The number of halogens is 1. The molecular formula is C12H17FN2O. The Kier molecular flexibility index (Phi) is 3.88. The van der Waals surface area contributed by atoms with E-state index in [0.29, 0.717) is 0 Å². The van der Waals surface area contributed by atoms with Gasteiger partial charge in [0.25, 0.3) is 0 Å². The summed E-state index contributed by atoms with van der Waals surface area (Å²) in [5, 5.41) is 2.52. The van der Waals surface area contributed by atoms with E-state index < -0.39 is 5.82 Å². The van der Waals surface area contributed by atoms with Gasteiger partial charge in [-0.2, -0.15) is 0 Å². The zero-order chi connectivity index (χ0) is 12.3. The van der Waals surface area contributed by atoms with Crippen LogP contribution in [-0.4, -0.2) is 5.91 Å². The predicted molar refractivity (Wildman–Crippen MR) is 63.4 cm³/mol. The summed E-state index contributed by atoms with van der Waals surface area (Å²) < 4.78 is 13.4. The van der Waals surface area contributed by atoms with Crippen LogP contribution in [0.1, 0.15) is 20.8 Å². The van der Waals surface area contributed by atoms with Crippen LogP contribution in [0.2, 0.25) is 0 Å². The van der Waals surface area contributed by atoms with Crippen LogP contribution in [0.25, 0.3) is 0 Å². The van der Waals surface area contributed by atoms with Gasteiger partial charge < -0.3 is 11.1 Å². The molecule has 3 N–H and O–H groups in total. The van der Waals surface area contributed by atoms with Gasteiger partial charge >= 0.3 is 0 Å². The molecule has 0 heterocycles. The molecule has 0 bridgehead atoms. The normalized spacial score (nSPS) is 12.6. The van der Waals surface area contributed by atoms with E-state index in [2.05, 4.69) is 5.32 Å². The van der Waals surface area contributed by atoms with Crippen molar-refractivity contribution in [2.75, 3.05) is 11.1 Å². The van der Waals surface area contributed by atoms with Crippen LogP contribution in [0.15, 0.2) is 18.2 Å². The van der Waals surface area contributed by atoms with Crippen LogP contribution < -0.4 is 11.1 Å². The second kappa shape index (κ2) is 4.96. The van der Waals surface area contributed by atoms with E-state index in [-0.39, 0.29) is 29.1 Å². The average Bonchev–Trinajstić information content (AvgIpc) is 2.22. The van der Waals surface area contributed by atoms with Gasteiger partial charge in [0, 0.05) is 5.92 Å². The highest BCUT2D eigenvalue weighted by atomic mass is 19.1. The molecule has 0 saturated heterocycles. The molecule has 16 heavy (non-hydrogen) atoms. The number of anilines is 2. The minimum absolute atomic E-state index is 0.0694. The molecule has 3 nitrogen and oxygen atoms in total. The number of nitrogen functional groups attached to an aromatic ring is 1. The number of carbonyl (C=O) groups excluding carboxylic acids is 1. The molecule has 4 heteroatoms. The number of amides is 1. The van der Waals surface area contributed by atoms with Crippen LogP contribution in [0.4, 0.5) is 15.8 Å². The second-order valence-electron chi connectivity index (χ2n) is 4.23. The molecular weight excluding hydrogens is 207 g/mol. The smallest absolute Gasteiger partial charge is 0.227 e. The van der Waals surface area contributed by atoms with Crippen molar-refractivity contribution in [3.05, 3.63) is 24.0 Å². The number of para-hydroxylation sites is 1. The third-order valence-corrected chi connectivity index (χ3v) is 2.71. The van der Waals surface area contributed by atoms with Crippen LogP contribution in [-0.2, 0) is 4.79 Å². The monoisotopic (exact) mass is 224 g/mol. The standard InChI is InChI=1S/C12H17FN2O/c1-7(2)8(3)12(16)15-11-9(13)5-4-6-10(11)14/h4-8H,14H2,1-3H3,(H,15,16). The summed E-state index contributed by atoms with van der Waals surface area (Å²) in [6.07, 6.45) is 0. The molecule has 0 saturated carbocycles. The first-order valence-corrected chi connectivity index (χ1v) is 5.28. The maximum atomic E-state index is 13.4. The number of hydrogen-bond acceptors (Lipinski definition) is 2. The van der Waals surface area contributed by atoms with Crippen molar-refractivity contribution in [2.45, 2.75) is 20.8 Å². The summed E-state index contributed by atoms with van der Waals surface area (Å²) in [6, 6.07) is 4.33. The van der Waals surface area contributed by atoms with E-state index in [0.717, 1.165) is 0 Å². The first kappa shape index (κ1) is 12.5. The quantitative estimate of drug-likeness (QED) is 0.775. The van der Waals surface area contributed by atoms with Crippen LogP contribution >= 0.6 is 0 Å². The van der Waals surface area contributed by atoms with E-state index in [1.165, 1.54) is 12.1 Å². The Hall–Kier alpha value is -1.58. The van der Waals surface area contributed by atoms with Gasteiger partial charge in [-0.1, -0.05) is 26.8 Å². The molecule has 0 aliphatic heterocycles. The van der Waals surface area contributed by atoms with Crippen molar-refractivity contribution in [3.63, 3.8) is 0 Å². The van der Waals surface area contributed by atoms with Gasteiger partial charge in [-0.3, -0.25) is 4.79 Å². The number of hydrogen-bond donors (Lipinski definition) is 2. The molecule has 1 unspecified atom stereocenters. The van der Waals surface area contributed by atoms with E-state index in [1.807, 2.05) is 13.8 Å². The zero-order valence-electron chi connectivity index (χ0n) is 9.75. The van der Waals surface area contributed by atoms with Crippen LogP contribution in [0.5, 0.6) is 0 Å². The summed E-state index contributed by atoms with van der Waals surface area (Å²) in [6.45, 7) is 5.68. The molecule has 0 aromatic heterocycles. The predicted octanol–water partition coefficient (Wildman–Crippen LogP) is 2.64. The Morgan fingerprint density at radius 2 is 2.00 bits per heavy atom. The van der Waals surface area contributed by atoms with Gasteiger partial charge in [-0.05, 0) is 18.1 Å². The summed E-state index contributed by atoms with van der Waals surface area (Å²) in [7, 11) is 0. The summed E-state index contributed by atoms with van der Waals surface area (Å²) >= 11 is 0. The van der Waals surface area contributed by atoms with Crippen LogP contribution in [0, 0.1) is 17.7 Å². The van der Waals surface area contributed by atoms with Crippen LogP contribution in [0.3, 0.4) is 0 Å². The number of rotatable bonds is 3. The second-order valence-corrected chi connectivity index (χ2v) is 4.23. The first-order chi connectivity index (χ1) is 7.43. The van der Waals surface area contributed by atoms with Gasteiger partial charge in [-0.15, -0.1) is 0 Å². The fraction of sp³-hybridized carbons (Fsp3) is 0.417. The van der Waals surface area contributed by atoms with Crippen molar-refractivity contribution in [1.29, 1.82) is 0 Å². The van der Waals surface area contributed by atoms with E-state index in [9.17, 15) is 9.18 Å². The molecule has 1 amide bonds. The fourth-order valence-electron chi connectivity index (χ4n) is 1.21. The average molecular weight is 224 g/mol. The van der Waals surface area contributed by atoms with E-state index >= 15 is 0 Å². The molecule has 1 rings (SSSR count). The molecule has 1 aromatic carbocycles.